The molecule has 0 radical (unpaired) electrons. The van der Waals surface area contributed by atoms with Crippen LogP contribution in [0.25, 0.3) is 0 Å². The second-order valence-corrected chi connectivity index (χ2v) is 3.18. The average molecular weight is 219 g/mol. The number of nitrogens with zero attached hydrogens (tertiary/aromatic N) is 2. The summed E-state index contributed by atoms with van der Waals surface area (Å²) in [6.45, 7) is 1.53. The van der Waals surface area contributed by atoms with Crippen LogP contribution >= 0.6 is 0 Å². The lowest BCUT2D eigenvalue weighted by atomic mass is 10.3. The third kappa shape index (κ3) is 1.85. The minimum Gasteiger partial charge on any atom is -0.359 e. The minimum absolute atomic E-state index is 0.0909. The van der Waals surface area contributed by atoms with E-state index in [2.05, 4.69) is 15.1 Å². The van der Waals surface area contributed by atoms with Crippen molar-refractivity contribution in [2.24, 2.45) is 0 Å². The molecule has 16 heavy (non-hydrogen) atoms. The van der Waals surface area contributed by atoms with Crippen molar-refractivity contribution in [3.05, 3.63) is 46.9 Å². The van der Waals surface area contributed by atoms with E-state index in [0.29, 0.717) is 5.69 Å². The summed E-state index contributed by atoms with van der Waals surface area (Å²) in [5.41, 5.74) is 0.723. The Morgan fingerprint density at radius 3 is 2.69 bits per heavy atom. The molecular formula is C10H9N3O3. The van der Waals surface area contributed by atoms with E-state index in [1.54, 1.807) is 24.3 Å². The van der Waals surface area contributed by atoms with Gasteiger partial charge in [0.25, 0.3) is 5.69 Å². The van der Waals surface area contributed by atoms with Crippen molar-refractivity contribution >= 4 is 11.6 Å². The first-order chi connectivity index (χ1) is 7.68. The third-order valence-corrected chi connectivity index (χ3v) is 2.02. The van der Waals surface area contributed by atoms with Crippen molar-refractivity contribution in [2.45, 2.75) is 6.92 Å². The number of nitrogens with one attached hydrogen (secondary N) is 1. The fourth-order valence-electron chi connectivity index (χ4n) is 1.27. The van der Waals surface area contributed by atoms with E-state index in [1.807, 2.05) is 6.07 Å². The molecule has 0 spiro atoms. The highest BCUT2D eigenvalue weighted by atomic mass is 16.8. The molecule has 2 rings (SSSR count). The van der Waals surface area contributed by atoms with Crippen molar-refractivity contribution in [3.8, 4) is 0 Å². The molecular weight excluding hydrogens is 210 g/mol. The number of rotatable bonds is 2. The topological polar surface area (TPSA) is 82.1 Å². The van der Waals surface area contributed by atoms with Gasteiger partial charge < -0.3 is 10.5 Å². The van der Waals surface area contributed by atoms with E-state index in [0.717, 1.165) is 0 Å². The number of anilines is 1. The summed E-state index contributed by atoms with van der Waals surface area (Å²) in [5.74, 6) is -0.542. The average Bonchev–Trinajstić information content (AvgIpc) is 2.60. The Bertz CT molecular complexity index is 488. The van der Waals surface area contributed by atoms with Gasteiger partial charge in [0.2, 0.25) is 5.69 Å². The van der Waals surface area contributed by atoms with Gasteiger partial charge in [-0.05, 0) is 17.0 Å². The van der Waals surface area contributed by atoms with E-state index in [-0.39, 0.29) is 16.3 Å². The molecule has 1 heterocycles. The van der Waals surface area contributed by atoms with Crippen molar-refractivity contribution in [1.29, 1.82) is 0 Å². The van der Waals surface area contributed by atoms with Crippen LogP contribution in [0.3, 0.4) is 0 Å². The molecule has 0 saturated carbocycles. The van der Waals surface area contributed by atoms with Crippen molar-refractivity contribution in [2.75, 3.05) is 5.32 Å². The Balaban J connectivity index is 2.22. The SMILES string of the molecule is Cc1no[n+]([O-])c1C(=O)Nc1ccccc1. The maximum atomic E-state index is 11.7. The lowest BCUT2D eigenvalue weighted by molar-refractivity contribution is -0.803. The zero-order valence-corrected chi connectivity index (χ0v) is 8.51. The normalized spacial score (nSPS) is 10.1. The van der Waals surface area contributed by atoms with Gasteiger partial charge >= 0.3 is 5.91 Å². The van der Waals surface area contributed by atoms with Crippen LogP contribution in [0, 0.1) is 12.1 Å². The Morgan fingerprint density at radius 1 is 1.44 bits per heavy atom. The lowest BCUT2D eigenvalue weighted by Gasteiger charge is -2.01. The molecule has 0 unspecified atom stereocenters. The number of aryl methyl sites for hydroxylation is 1. The molecule has 0 saturated heterocycles. The highest BCUT2D eigenvalue weighted by molar-refractivity contribution is 6.02. The highest BCUT2D eigenvalue weighted by Crippen LogP contribution is 2.07. The van der Waals surface area contributed by atoms with Crippen molar-refractivity contribution in [3.63, 3.8) is 0 Å². The number of hydrogen-bond donors (Lipinski definition) is 1. The fraction of sp³-hybridized carbons (Fsp3) is 0.100. The van der Waals surface area contributed by atoms with Gasteiger partial charge in [-0.3, -0.25) is 9.42 Å². The van der Waals surface area contributed by atoms with Gasteiger partial charge in [0, 0.05) is 17.8 Å². The standard InChI is InChI=1S/C10H9N3O3/c1-7-9(13(15)16-12-7)10(14)11-8-5-3-2-4-6-8/h2-6H,1H3,(H,11,14). The maximum Gasteiger partial charge on any atom is 0.304 e. The molecule has 6 nitrogen and oxygen atoms in total. The molecule has 6 heteroatoms. The third-order valence-electron chi connectivity index (χ3n) is 2.02. The summed E-state index contributed by atoms with van der Waals surface area (Å²) < 4.78 is 4.30. The largest absolute Gasteiger partial charge is 0.359 e. The Kier molecular flexibility index (Phi) is 2.55. The van der Waals surface area contributed by atoms with Gasteiger partial charge in [-0.2, -0.15) is 0 Å². The number of carbonyl (C=O) groups excluding carboxylic acids is 1. The predicted molar refractivity (Wildman–Crippen MR) is 54.6 cm³/mol. The number of para-hydroxylation sites is 1. The van der Waals surface area contributed by atoms with Crippen LogP contribution in [0.15, 0.2) is 35.0 Å². The molecule has 0 atom stereocenters. The lowest BCUT2D eigenvalue weighted by Crippen LogP contribution is -2.34. The molecule has 2 aromatic rings. The number of hydrogen-bond acceptors (Lipinski definition) is 4. The van der Waals surface area contributed by atoms with E-state index < -0.39 is 5.91 Å². The Hall–Kier alpha value is -2.37. The van der Waals surface area contributed by atoms with E-state index in [4.69, 9.17) is 0 Å². The molecule has 1 N–H and O–H groups in total. The van der Waals surface area contributed by atoms with Crippen LogP contribution in [0.5, 0.6) is 0 Å². The second-order valence-electron chi connectivity index (χ2n) is 3.18. The summed E-state index contributed by atoms with van der Waals surface area (Å²) in [6, 6.07) is 8.82. The predicted octanol–water partition coefficient (Wildman–Crippen LogP) is 0.869. The molecule has 0 fully saturated rings. The van der Waals surface area contributed by atoms with Crippen LogP contribution in [-0.4, -0.2) is 11.1 Å². The number of carbonyl (C=O) groups is 1. The van der Waals surface area contributed by atoms with Crippen molar-refractivity contribution < 1.29 is 14.3 Å². The summed E-state index contributed by atoms with van der Waals surface area (Å²) in [4.78, 5) is 11.8. The summed E-state index contributed by atoms with van der Waals surface area (Å²) in [6.07, 6.45) is 0. The first-order valence-electron chi connectivity index (χ1n) is 4.61. The first-order valence-corrected chi connectivity index (χ1v) is 4.61. The number of amides is 1. The van der Waals surface area contributed by atoms with Crippen LogP contribution in [-0.2, 0) is 0 Å². The monoisotopic (exact) mass is 219 g/mol. The molecule has 1 aromatic heterocycles. The molecule has 0 aliphatic heterocycles. The van der Waals surface area contributed by atoms with Crippen LogP contribution < -0.4 is 10.2 Å². The van der Waals surface area contributed by atoms with E-state index in [9.17, 15) is 10.0 Å². The molecule has 0 bridgehead atoms. The zero-order valence-electron chi connectivity index (χ0n) is 8.51. The number of benzene rings is 1. The van der Waals surface area contributed by atoms with Gasteiger partial charge in [0.15, 0.2) is 0 Å². The van der Waals surface area contributed by atoms with Gasteiger partial charge in [-0.25, -0.2) is 0 Å². The molecule has 82 valence electrons. The second kappa shape index (κ2) is 4.01. The van der Waals surface area contributed by atoms with Crippen molar-refractivity contribution in [1.82, 2.24) is 5.16 Å². The molecule has 1 amide bonds. The van der Waals surface area contributed by atoms with Gasteiger partial charge in [-0.15, -0.1) is 0 Å². The van der Waals surface area contributed by atoms with Gasteiger partial charge in [0.05, 0.1) is 0 Å². The maximum absolute atomic E-state index is 11.7. The summed E-state index contributed by atoms with van der Waals surface area (Å²) in [5, 5.41) is 17.1. The zero-order chi connectivity index (χ0) is 11.5. The van der Waals surface area contributed by atoms with Crippen LogP contribution in [0.4, 0.5) is 5.69 Å². The first kappa shape index (κ1) is 10.2. The van der Waals surface area contributed by atoms with Crippen LogP contribution in [0.1, 0.15) is 16.2 Å². The van der Waals surface area contributed by atoms with Gasteiger partial charge in [-0.1, -0.05) is 18.2 Å². The van der Waals surface area contributed by atoms with Crippen LogP contribution in [0.2, 0.25) is 0 Å². The molecule has 1 aromatic carbocycles. The van der Waals surface area contributed by atoms with Gasteiger partial charge in [0.1, 0.15) is 0 Å². The van der Waals surface area contributed by atoms with E-state index in [1.165, 1.54) is 6.92 Å². The fourth-order valence-corrected chi connectivity index (χ4v) is 1.27. The summed E-state index contributed by atoms with van der Waals surface area (Å²) in [7, 11) is 0. The number of aromatic nitrogens is 2. The summed E-state index contributed by atoms with van der Waals surface area (Å²) >= 11 is 0. The van der Waals surface area contributed by atoms with E-state index >= 15 is 0 Å². The molecule has 0 aliphatic rings. The minimum atomic E-state index is -0.542. The quantitative estimate of drug-likeness (QED) is 0.759. The molecule has 0 aliphatic carbocycles. The smallest absolute Gasteiger partial charge is 0.304 e. The Morgan fingerprint density at radius 2 is 2.12 bits per heavy atom. The Labute approximate surface area is 91.0 Å². The highest BCUT2D eigenvalue weighted by Gasteiger charge is 2.23.